The van der Waals surface area contributed by atoms with E-state index in [2.05, 4.69) is 20.4 Å². The van der Waals surface area contributed by atoms with E-state index in [9.17, 15) is 4.79 Å². The third kappa shape index (κ3) is 4.76. The lowest BCUT2D eigenvalue weighted by atomic mass is 9.90. The van der Waals surface area contributed by atoms with Crippen LogP contribution in [-0.4, -0.2) is 21.0 Å². The van der Waals surface area contributed by atoms with E-state index in [4.69, 9.17) is 4.52 Å². The minimum Gasteiger partial charge on any atom is -0.339 e. The summed E-state index contributed by atoms with van der Waals surface area (Å²) in [5, 5.41) is 7.21. The molecule has 1 N–H and O–H groups in total. The van der Waals surface area contributed by atoms with Crippen molar-refractivity contribution in [3.05, 3.63) is 132 Å². The number of nitrogens with zero attached hydrogens (tertiary/aromatic N) is 3. The third-order valence-corrected chi connectivity index (χ3v) is 5.55. The zero-order chi connectivity index (χ0) is 23.2. The fourth-order valence-electron chi connectivity index (χ4n) is 3.90. The molecule has 0 atom stereocenters. The van der Waals surface area contributed by atoms with Gasteiger partial charge in [0, 0.05) is 23.6 Å². The highest BCUT2D eigenvalue weighted by molar-refractivity contribution is 5.98. The molecule has 0 fully saturated rings. The average Bonchev–Trinajstić information content (AvgIpc) is 3.36. The molecule has 1 amide bonds. The maximum Gasteiger partial charge on any atom is 0.236 e. The fourth-order valence-corrected chi connectivity index (χ4v) is 3.90. The number of hydrogen-bond donors (Lipinski definition) is 1. The van der Waals surface area contributed by atoms with Crippen LogP contribution in [0, 0.1) is 0 Å². The highest BCUT2D eigenvalue weighted by atomic mass is 16.5. The summed E-state index contributed by atoms with van der Waals surface area (Å²) in [7, 11) is 0. The van der Waals surface area contributed by atoms with Gasteiger partial charge in [0.2, 0.25) is 17.6 Å². The van der Waals surface area contributed by atoms with Crippen molar-refractivity contribution in [3.63, 3.8) is 0 Å². The maximum atomic E-state index is 13.5. The van der Waals surface area contributed by atoms with Gasteiger partial charge in [0.1, 0.15) is 0 Å². The van der Waals surface area contributed by atoms with Gasteiger partial charge in [0.25, 0.3) is 0 Å². The summed E-state index contributed by atoms with van der Waals surface area (Å²) >= 11 is 0. The highest BCUT2D eigenvalue weighted by Gasteiger charge is 2.23. The Morgan fingerprint density at radius 2 is 1.41 bits per heavy atom. The van der Waals surface area contributed by atoms with Gasteiger partial charge < -0.3 is 9.84 Å². The van der Waals surface area contributed by atoms with Crippen molar-refractivity contribution < 1.29 is 9.32 Å². The third-order valence-electron chi connectivity index (χ3n) is 5.55. The Hall–Kier alpha value is -4.58. The number of anilines is 1. The smallest absolute Gasteiger partial charge is 0.236 e. The number of aromatic nitrogens is 3. The van der Waals surface area contributed by atoms with Gasteiger partial charge in [-0.15, -0.1) is 0 Å². The molecule has 0 aliphatic carbocycles. The Labute approximate surface area is 197 Å². The largest absolute Gasteiger partial charge is 0.339 e. The number of hydrogen-bond acceptors (Lipinski definition) is 5. The van der Waals surface area contributed by atoms with Gasteiger partial charge >= 0.3 is 0 Å². The highest BCUT2D eigenvalue weighted by Crippen LogP contribution is 2.28. The first kappa shape index (κ1) is 21.3. The summed E-state index contributed by atoms with van der Waals surface area (Å²) < 4.78 is 5.47. The van der Waals surface area contributed by atoms with E-state index in [1.807, 2.05) is 97.1 Å². The molecule has 2 aromatic heterocycles. The summed E-state index contributed by atoms with van der Waals surface area (Å²) in [4.78, 5) is 22.1. The molecule has 2 heterocycles. The molecule has 34 heavy (non-hydrogen) atoms. The molecule has 3 aromatic carbocycles. The van der Waals surface area contributed by atoms with Gasteiger partial charge in [0.05, 0.1) is 12.3 Å². The van der Waals surface area contributed by atoms with Crippen LogP contribution in [0.15, 0.2) is 114 Å². The van der Waals surface area contributed by atoms with Crippen LogP contribution < -0.4 is 5.32 Å². The number of pyridine rings is 1. The van der Waals surface area contributed by atoms with E-state index in [0.29, 0.717) is 23.8 Å². The van der Waals surface area contributed by atoms with E-state index >= 15 is 0 Å². The summed E-state index contributed by atoms with van der Waals surface area (Å²) in [6, 6.07) is 30.9. The zero-order valence-electron chi connectivity index (χ0n) is 18.3. The lowest BCUT2D eigenvalue weighted by Crippen LogP contribution is -2.23. The molecule has 5 aromatic rings. The number of para-hydroxylation sites is 1. The molecule has 166 valence electrons. The second-order valence-electron chi connectivity index (χ2n) is 7.83. The molecule has 0 radical (unpaired) electrons. The zero-order valence-corrected chi connectivity index (χ0v) is 18.3. The van der Waals surface area contributed by atoms with E-state index < -0.39 is 5.92 Å². The molecule has 5 rings (SSSR count). The molecule has 0 aliphatic rings. The normalized spacial score (nSPS) is 10.9. The predicted octanol–water partition coefficient (Wildman–Crippen LogP) is 5.49. The molecule has 6 heteroatoms. The van der Waals surface area contributed by atoms with Crippen molar-refractivity contribution in [1.29, 1.82) is 0 Å². The number of amides is 1. The van der Waals surface area contributed by atoms with Crippen LogP contribution in [-0.2, 0) is 11.2 Å². The Morgan fingerprint density at radius 3 is 2.09 bits per heavy atom. The Balaban J connectivity index is 1.40. The van der Waals surface area contributed by atoms with Crippen LogP contribution >= 0.6 is 0 Å². The van der Waals surface area contributed by atoms with Crippen molar-refractivity contribution in [2.24, 2.45) is 0 Å². The predicted molar refractivity (Wildman–Crippen MR) is 130 cm³/mol. The van der Waals surface area contributed by atoms with Crippen LogP contribution in [0.3, 0.4) is 0 Å². The molecule has 0 aliphatic heterocycles. The first-order chi connectivity index (χ1) is 16.8. The number of carbonyl (C=O) groups is 1. The summed E-state index contributed by atoms with van der Waals surface area (Å²) in [5.74, 6) is 0.438. The van der Waals surface area contributed by atoms with E-state index in [-0.39, 0.29) is 5.91 Å². The summed E-state index contributed by atoms with van der Waals surface area (Å²) in [5.41, 5.74) is 4.30. The van der Waals surface area contributed by atoms with Gasteiger partial charge in [-0.25, -0.2) is 0 Å². The molecule has 0 bridgehead atoms. The topological polar surface area (TPSA) is 80.9 Å². The average molecular weight is 447 g/mol. The number of benzene rings is 3. The van der Waals surface area contributed by atoms with Crippen LogP contribution in [0.1, 0.15) is 28.5 Å². The molecule has 0 saturated carbocycles. The molecule has 0 unspecified atom stereocenters. The SMILES string of the molecule is O=C(Nc1ccccc1Cc1nc(-c2ccncc2)no1)C(c1ccccc1)c1ccccc1. The molecular weight excluding hydrogens is 424 g/mol. The van der Waals surface area contributed by atoms with Gasteiger partial charge in [-0.05, 0) is 34.9 Å². The minimum absolute atomic E-state index is 0.104. The van der Waals surface area contributed by atoms with Crippen LogP contribution in [0.4, 0.5) is 5.69 Å². The van der Waals surface area contributed by atoms with Crippen molar-refractivity contribution in [1.82, 2.24) is 15.1 Å². The quantitative estimate of drug-likeness (QED) is 0.357. The van der Waals surface area contributed by atoms with Crippen molar-refractivity contribution in [2.45, 2.75) is 12.3 Å². The lowest BCUT2D eigenvalue weighted by Gasteiger charge is -2.19. The number of rotatable bonds is 7. The van der Waals surface area contributed by atoms with Crippen molar-refractivity contribution in [3.8, 4) is 11.4 Å². The molecule has 0 spiro atoms. The first-order valence-electron chi connectivity index (χ1n) is 11.0. The maximum absolute atomic E-state index is 13.5. The Morgan fingerprint density at radius 1 is 0.794 bits per heavy atom. The van der Waals surface area contributed by atoms with E-state index in [1.54, 1.807) is 12.4 Å². The molecule has 0 saturated heterocycles. The van der Waals surface area contributed by atoms with E-state index in [0.717, 1.165) is 22.3 Å². The second kappa shape index (κ2) is 9.92. The van der Waals surface area contributed by atoms with Crippen molar-refractivity contribution >= 4 is 11.6 Å². The second-order valence-corrected chi connectivity index (χ2v) is 7.83. The minimum atomic E-state index is -0.433. The summed E-state index contributed by atoms with van der Waals surface area (Å²) in [6.45, 7) is 0. The van der Waals surface area contributed by atoms with Gasteiger partial charge in [-0.2, -0.15) is 4.98 Å². The number of carbonyl (C=O) groups excluding carboxylic acids is 1. The van der Waals surface area contributed by atoms with Crippen LogP contribution in [0.25, 0.3) is 11.4 Å². The van der Waals surface area contributed by atoms with Crippen molar-refractivity contribution in [2.75, 3.05) is 5.32 Å². The molecule has 6 nitrogen and oxygen atoms in total. The Bertz CT molecular complexity index is 1330. The molecular formula is C28H22N4O2. The number of nitrogens with one attached hydrogen (secondary N) is 1. The Kier molecular flexibility index (Phi) is 6.21. The lowest BCUT2D eigenvalue weighted by molar-refractivity contribution is -0.116. The van der Waals surface area contributed by atoms with Gasteiger partial charge in [-0.1, -0.05) is 84.0 Å². The van der Waals surface area contributed by atoms with Gasteiger partial charge in [0.15, 0.2) is 0 Å². The standard InChI is InChI=1S/C28H22N4O2/c33-28(26(20-9-3-1-4-10-20)21-11-5-2-6-12-21)30-24-14-8-7-13-23(24)19-25-31-27(32-34-25)22-15-17-29-18-16-22/h1-18,26H,19H2,(H,30,33). The van der Waals surface area contributed by atoms with E-state index in [1.165, 1.54) is 0 Å². The first-order valence-corrected chi connectivity index (χ1v) is 11.0. The monoisotopic (exact) mass is 446 g/mol. The van der Waals surface area contributed by atoms with Crippen LogP contribution in [0.2, 0.25) is 0 Å². The van der Waals surface area contributed by atoms with Crippen LogP contribution in [0.5, 0.6) is 0 Å². The summed E-state index contributed by atoms with van der Waals surface area (Å²) in [6.07, 6.45) is 3.77. The van der Waals surface area contributed by atoms with Gasteiger partial charge in [-0.3, -0.25) is 9.78 Å². The fraction of sp³-hybridized carbons (Fsp3) is 0.0714.